The molecule has 0 aromatic carbocycles. The molecular weight excluding hydrogens is 178 g/mol. The van der Waals surface area contributed by atoms with E-state index in [4.69, 9.17) is 0 Å². The van der Waals surface area contributed by atoms with E-state index in [0.717, 1.165) is 5.56 Å². The smallest absolute Gasteiger partial charge is 0.267 e. The van der Waals surface area contributed by atoms with E-state index >= 15 is 0 Å². The molecule has 2 rings (SSSR count). The van der Waals surface area contributed by atoms with Gasteiger partial charge in [-0.2, -0.15) is 0 Å². The molecule has 0 aliphatic heterocycles. The summed E-state index contributed by atoms with van der Waals surface area (Å²) in [6, 6.07) is 3.71. The first kappa shape index (κ1) is 8.62. The maximum Gasteiger partial charge on any atom is 0.274 e. The van der Waals surface area contributed by atoms with Gasteiger partial charge >= 0.3 is 0 Å². The van der Waals surface area contributed by atoms with Gasteiger partial charge in [-0.3, -0.25) is 14.3 Å². The fraction of sp³-hybridized carbons (Fsp3) is 0.100. The summed E-state index contributed by atoms with van der Waals surface area (Å²) in [6.07, 6.45) is 6.15. The van der Waals surface area contributed by atoms with Gasteiger partial charge in [-0.15, -0.1) is 0 Å². The lowest BCUT2D eigenvalue weighted by atomic mass is 10.3. The molecule has 70 valence electrons. The van der Waals surface area contributed by atoms with Crippen molar-refractivity contribution in [3.63, 3.8) is 0 Å². The van der Waals surface area contributed by atoms with E-state index in [-0.39, 0.29) is 5.56 Å². The maximum atomic E-state index is 11.4. The molecule has 0 bridgehead atoms. The summed E-state index contributed by atoms with van der Waals surface area (Å²) >= 11 is 0. The summed E-state index contributed by atoms with van der Waals surface area (Å²) in [6.45, 7) is 1.95. The highest BCUT2D eigenvalue weighted by molar-refractivity contribution is 5.24. The van der Waals surface area contributed by atoms with Gasteiger partial charge in [-0.25, -0.2) is 4.98 Å². The first-order valence-corrected chi connectivity index (χ1v) is 4.23. The standard InChI is InChI=1S/C10H9N3O/c1-8-2-3-9(12-6-8)13-5-4-11-7-10(13)14/h2-7H,1H3. The molecule has 0 N–H and O–H groups in total. The first-order valence-electron chi connectivity index (χ1n) is 4.23. The Bertz CT molecular complexity index is 487. The summed E-state index contributed by atoms with van der Waals surface area (Å²) < 4.78 is 1.45. The molecule has 0 fully saturated rings. The van der Waals surface area contributed by atoms with Crippen LogP contribution >= 0.6 is 0 Å². The highest BCUT2D eigenvalue weighted by atomic mass is 16.1. The third kappa shape index (κ3) is 1.54. The highest BCUT2D eigenvalue weighted by Gasteiger charge is 1.98. The van der Waals surface area contributed by atoms with Crippen LogP contribution in [-0.2, 0) is 0 Å². The molecule has 2 heterocycles. The zero-order valence-electron chi connectivity index (χ0n) is 7.71. The minimum atomic E-state index is -0.177. The van der Waals surface area contributed by atoms with E-state index in [1.165, 1.54) is 10.8 Å². The van der Waals surface area contributed by atoms with E-state index in [9.17, 15) is 4.79 Å². The van der Waals surface area contributed by atoms with Crippen LogP contribution in [0.5, 0.6) is 0 Å². The first-order chi connectivity index (χ1) is 6.77. The van der Waals surface area contributed by atoms with Gasteiger partial charge in [0.15, 0.2) is 0 Å². The Hall–Kier alpha value is -1.97. The number of rotatable bonds is 1. The van der Waals surface area contributed by atoms with Gasteiger partial charge in [-0.1, -0.05) is 6.07 Å². The predicted molar refractivity (Wildman–Crippen MR) is 52.4 cm³/mol. The fourth-order valence-electron chi connectivity index (χ4n) is 1.14. The second-order valence-corrected chi connectivity index (χ2v) is 2.98. The second-order valence-electron chi connectivity index (χ2n) is 2.98. The van der Waals surface area contributed by atoms with Crippen LogP contribution in [0.3, 0.4) is 0 Å². The molecule has 0 atom stereocenters. The normalized spacial score (nSPS) is 10.1. The lowest BCUT2D eigenvalue weighted by Gasteiger charge is -2.02. The summed E-state index contributed by atoms with van der Waals surface area (Å²) in [5.41, 5.74) is 0.889. The van der Waals surface area contributed by atoms with E-state index in [1.54, 1.807) is 24.7 Å². The van der Waals surface area contributed by atoms with Crippen LogP contribution in [0.25, 0.3) is 5.82 Å². The molecule has 2 aromatic rings. The molecule has 2 aromatic heterocycles. The molecule has 0 aliphatic carbocycles. The summed E-state index contributed by atoms with van der Waals surface area (Å²) in [5, 5.41) is 0. The SMILES string of the molecule is Cc1ccc(-n2ccncc2=O)nc1. The molecule has 4 nitrogen and oxygen atoms in total. The van der Waals surface area contributed by atoms with Crippen molar-refractivity contribution in [2.24, 2.45) is 0 Å². The molecule has 14 heavy (non-hydrogen) atoms. The third-order valence-electron chi connectivity index (χ3n) is 1.87. The highest BCUT2D eigenvalue weighted by Crippen LogP contribution is 2.01. The zero-order valence-corrected chi connectivity index (χ0v) is 7.71. The molecule has 0 radical (unpaired) electrons. The van der Waals surface area contributed by atoms with Gasteiger partial charge in [0.05, 0.1) is 6.20 Å². The van der Waals surface area contributed by atoms with Crippen molar-refractivity contribution in [2.75, 3.05) is 0 Å². The quantitative estimate of drug-likeness (QED) is 0.667. The summed E-state index contributed by atoms with van der Waals surface area (Å²) in [7, 11) is 0. The van der Waals surface area contributed by atoms with E-state index in [1.807, 2.05) is 13.0 Å². The molecule has 0 saturated carbocycles. The zero-order chi connectivity index (χ0) is 9.97. The van der Waals surface area contributed by atoms with Crippen molar-refractivity contribution in [3.05, 3.63) is 52.8 Å². The Morgan fingerprint density at radius 3 is 2.79 bits per heavy atom. The largest absolute Gasteiger partial charge is 0.274 e. The van der Waals surface area contributed by atoms with Gasteiger partial charge in [0.2, 0.25) is 0 Å². The van der Waals surface area contributed by atoms with Gasteiger partial charge in [0, 0.05) is 18.6 Å². The monoisotopic (exact) mass is 187 g/mol. The van der Waals surface area contributed by atoms with Crippen LogP contribution in [-0.4, -0.2) is 14.5 Å². The van der Waals surface area contributed by atoms with E-state index in [0.29, 0.717) is 5.82 Å². The molecule has 0 spiro atoms. The minimum absolute atomic E-state index is 0.177. The van der Waals surface area contributed by atoms with E-state index in [2.05, 4.69) is 9.97 Å². The van der Waals surface area contributed by atoms with Crippen LogP contribution in [0.1, 0.15) is 5.56 Å². The Balaban J connectivity index is 2.56. The van der Waals surface area contributed by atoms with Crippen LogP contribution in [0, 0.1) is 6.92 Å². The Labute approximate surface area is 80.9 Å². The maximum absolute atomic E-state index is 11.4. The fourth-order valence-corrected chi connectivity index (χ4v) is 1.14. The average molecular weight is 187 g/mol. The molecule has 0 unspecified atom stereocenters. The van der Waals surface area contributed by atoms with Gasteiger partial charge < -0.3 is 0 Å². The van der Waals surface area contributed by atoms with Gasteiger partial charge in [-0.05, 0) is 18.6 Å². The second kappa shape index (κ2) is 3.41. The van der Waals surface area contributed by atoms with Crippen molar-refractivity contribution in [1.29, 1.82) is 0 Å². The lowest BCUT2D eigenvalue weighted by Crippen LogP contribution is -2.17. The number of pyridine rings is 1. The Kier molecular flexibility index (Phi) is 2.10. The molecular formula is C10H9N3O. The van der Waals surface area contributed by atoms with Crippen LogP contribution in [0.4, 0.5) is 0 Å². The van der Waals surface area contributed by atoms with E-state index < -0.39 is 0 Å². The number of nitrogens with zero attached hydrogens (tertiary/aromatic N) is 3. The number of aromatic nitrogens is 3. The van der Waals surface area contributed by atoms with Crippen molar-refractivity contribution >= 4 is 0 Å². The van der Waals surface area contributed by atoms with Crippen molar-refractivity contribution in [1.82, 2.24) is 14.5 Å². The average Bonchev–Trinajstić information content (AvgIpc) is 2.20. The van der Waals surface area contributed by atoms with Crippen LogP contribution < -0.4 is 5.56 Å². The number of aryl methyl sites for hydroxylation is 1. The van der Waals surface area contributed by atoms with Crippen molar-refractivity contribution in [3.8, 4) is 5.82 Å². The molecule has 0 amide bonds. The van der Waals surface area contributed by atoms with Gasteiger partial charge in [0.1, 0.15) is 5.82 Å². The lowest BCUT2D eigenvalue weighted by molar-refractivity contribution is 0.913. The Morgan fingerprint density at radius 2 is 2.14 bits per heavy atom. The van der Waals surface area contributed by atoms with Crippen molar-refractivity contribution < 1.29 is 0 Å². The summed E-state index contributed by atoms with van der Waals surface area (Å²) in [5.74, 6) is 0.614. The number of hydrogen-bond donors (Lipinski definition) is 0. The molecule has 0 aliphatic rings. The molecule has 0 saturated heterocycles. The topological polar surface area (TPSA) is 47.8 Å². The van der Waals surface area contributed by atoms with Crippen LogP contribution in [0.2, 0.25) is 0 Å². The third-order valence-corrected chi connectivity index (χ3v) is 1.87. The Morgan fingerprint density at radius 1 is 1.29 bits per heavy atom. The van der Waals surface area contributed by atoms with Crippen molar-refractivity contribution in [2.45, 2.75) is 6.92 Å². The van der Waals surface area contributed by atoms with Gasteiger partial charge in [0.25, 0.3) is 5.56 Å². The predicted octanol–water partition coefficient (Wildman–Crippen LogP) is 0.936. The number of hydrogen-bond acceptors (Lipinski definition) is 3. The molecule has 4 heteroatoms. The van der Waals surface area contributed by atoms with Crippen LogP contribution in [0.15, 0.2) is 41.7 Å². The minimum Gasteiger partial charge on any atom is -0.267 e. The summed E-state index contributed by atoms with van der Waals surface area (Å²) in [4.78, 5) is 19.2.